The molecule has 0 saturated heterocycles. The summed E-state index contributed by atoms with van der Waals surface area (Å²) in [6, 6.07) is 10.1. The van der Waals surface area contributed by atoms with Crippen LogP contribution in [-0.2, 0) is 0 Å². The lowest BCUT2D eigenvalue weighted by Gasteiger charge is -2.27. The van der Waals surface area contributed by atoms with Gasteiger partial charge in [0.1, 0.15) is 18.2 Å². The molecule has 0 atom stereocenters. The summed E-state index contributed by atoms with van der Waals surface area (Å²) >= 11 is 0. The molecule has 2 aromatic rings. The van der Waals surface area contributed by atoms with E-state index < -0.39 is 17.5 Å². The fourth-order valence-electron chi connectivity index (χ4n) is 3.92. The molecular weight excluding hydrogens is 397 g/mol. The molecule has 0 bridgehead atoms. The summed E-state index contributed by atoms with van der Waals surface area (Å²) < 4.78 is 48.8. The maximum atomic E-state index is 14.9. The van der Waals surface area contributed by atoms with Crippen LogP contribution < -0.4 is 4.74 Å². The molecule has 4 heteroatoms. The SMILES string of the molecule is C=C(/C=C(/F)C(=C)C)COc1ccc(-c2ccc(C3CCC(C)CC3)c(F)c2F)cc1. The summed E-state index contributed by atoms with van der Waals surface area (Å²) in [5, 5.41) is 0. The lowest BCUT2D eigenvalue weighted by atomic mass is 9.79. The highest BCUT2D eigenvalue weighted by molar-refractivity contribution is 5.65. The largest absolute Gasteiger partial charge is 0.489 e. The Kier molecular flexibility index (Phi) is 7.42. The average Bonchev–Trinajstić information content (AvgIpc) is 2.75. The molecule has 164 valence electrons. The zero-order valence-electron chi connectivity index (χ0n) is 18.2. The molecule has 3 rings (SSSR count). The van der Waals surface area contributed by atoms with Crippen molar-refractivity contribution in [2.75, 3.05) is 6.61 Å². The van der Waals surface area contributed by atoms with Gasteiger partial charge in [-0.25, -0.2) is 13.2 Å². The van der Waals surface area contributed by atoms with Crippen LogP contribution in [0.2, 0.25) is 0 Å². The highest BCUT2D eigenvalue weighted by atomic mass is 19.2. The molecular formula is C27H29F3O. The highest BCUT2D eigenvalue weighted by Gasteiger charge is 2.25. The topological polar surface area (TPSA) is 9.23 Å². The van der Waals surface area contributed by atoms with Gasteiger partial charge < -0.3 is 4.74 Å². The Morgan fingerprint density at radius 2 is 1.65 bits per heavy atom. The fraction of sp³-hybridized carbons (Fsp3) is 0.333. The van der Waals surface area contributed by atoms with Gasteiger partial charge in [-0.05, 0) is 72.1 Å². The second kappa shape index (κ2) is 10.0. The van der Waals surface area contributed by atoms with Gasteiger partial charge in [-0.3, -0.25) is 0 Å². The van der Waals surface area contributed by atoms with E-state index in [-0.39, 0.29) is 18.1 Å². The molecule has 0 radical (unpaired) electrons. The zero-order chi connectivity index (χ0) is 22.5. The first-order valence-corrected chi connectivity index (χ1v) is 10.7. The maximum absolute atomic E-state index is 14.9. The van der Waals surface area contributed by atoms with Crippen LogP contribution in [0.1, 0.15) is 51.0 Å². The first-order chi connectivity index (χ1) is 14.8. The summed E-state index contributed by atoms with van der Waals surface area (Å²) in [6.45, 7) is 11.2. The van der Waals surface area contributed by atoms with Crippen LogP contribution >= 0.6 is 0 Å². The first-order valence-electron chi connectivity index (χ1n) is 10.7. The van der Waals surface area contributed by atoms with E-state index in [0.29, 0.717) is 33.9 Å². The number of hydrogen-bond donors (Lipinski definition) is 0. The lowest BCUT2D eigenvalue weighted by Crippen LogP contribution is -2.13. The third-order valence-electron chi connectivity index (χ3n) is 5.90. The Labute approximate surface area is 182 Å². The van der Waals surface area contributed by atoms with Gasteiger partial charge >= 0.3 is 0 Å². The minimum Gasteiger partial charge on any atom is -0.489 e. The van der Waals surface area contributed by atoms with E-state index in [2.05, 4.69) is 20.1 Å². The third kappa shape index (κ3) is 5.69. The van der Waals surface area contributed by atoms with E-state index >= 15 is 0 Å². The molecule has 1 nitrogen and oxygen atoms in total. The van der Waals surface area contributed by atoms with Crippen LogP contribution in [0.4, 0.5) is 13.2 Å². The number of hydrogen-bond acceptors (Lipinski definition) is 1. The summed E-state index contributed by atoms with van der Waals surface area (Å²) in [5.74, 6) is -0.705. The van der Waals surface area contributed by atoms with Gasteiger partial charge in [0, 0.05) is 5.56 Å². The molecule has 0 aromatic heterocycles. The number of halogens is 3. The van der Waals surface area contributed by atoms with Crippen LogP contribution in [0.25, 0.3) is 11.1 Å². The van der Waals surface area contributed by atoms with Crippen molar-refractivity contribution in [3.8, 4) is 16.9 Å². The molecule has 1 fully saturated rings. The molecule has 1 aliphatic rings. The van der Waals surface area contributed by atoms with E-state index in [1.54, 1.807) is 43.3 Å². The van der Waals surface area contributed by atoms with E-state index in [1.807, 2.05) is 0 Å². The Bertz CT molecular complexity index is 980. The van der Waals surface area contributed by atoms with Crippen molar-refractivity contribution in [3.05, 3.63) is 89.8 Å². The number of ether oxygens (including phenoxy) is 1. The predicted octanol–water partition coefficient (Wildman–Crippen LogP) is 8.29. The molecule has 0 amide bonds. The Morgan fingerprint density at radius 3 is 2.26 bits per heavy atom. The molecule has 0 unspecified atom stereocenters. The van der Waals surface area contributed by atoms with Crippen LogP contribution in [-0.4, -0.2) is 6.61 Å². The molecule has 1 aliphatic carbocycles. The van der Waals surface area contributed by atoms with Gasteiger partial charge in [-0.15, -0.1) is 0 Å². The Hall–Kier alpha value is -2.75. The number of benzene rings is 2. The third-order valence-corrected chi connectivity index (χ3v) is 5.90. The molecule has 0 aliphatic heterocycles. The first kappa shape index (κ1) is 22.9. The maximum Gasteiger partial charge on any atom is 0.166 e. The quantitative estimate of drug-likeness (QED) is 0.405. The lowest BCUT2D eigenvalue weighted by molar-refractivity contribution is 0.339. The van der Waals surface area contributed by atoms with Gasteiger partial charge in [-0.1, -0.05) is 57.2 Å². The highest BCUT2D eigenvalue weighted by Crippen LogP contribution is 2.38. The van der Waals surface area contributed by atoms with E-state index in [0.717, 1.165) is 25.7 Å². The van der Waals surface area contributed by atoms with Crippen LogP contribution in [0.15, 0.2) is 72.6 Å². The standard InChI is InChI=1S/C27H29F3O/c1-17(2)25(28)15-19(4)16-31-22-11-9-21(10-12-22)24-14-13-23(26(29)27(24)30)20-7-5-18(3)6-8-20/h9-15,18,20H,1,4-8,16H2,2-3H3/b25-15+. The van der Waals surface area contributed by atoms with Gasteiger partial charge in [0.15, 0.2) is 11.6 Å². The van der Waals surface area contributed by atoms with Crippen molar-refractivity contribution in [2.24, 2.45) is 5.92 Å². The van der Waals surface area contributed by atoms with Gasteiger partial charge in [0.05, 0.1) is 0 Å². The van der Waals surface area contributed by atoms with Crippen molar-refractivity contribution in [1.29, 1.82) is 0 Å². The minimum absolute atomic E-state index is 0.0902. The van der Waals surface area contributed by atoms with E-state index in [1.165, 1.54) is 6.08 Å². The monoisotopic (exact) mass is 426 g/mol. The van der Waals surface area contributed by atoms with Gasteiger partial charge in [0.25, 0.3) is 0 Å². The average molecular weight is 427 g/mol. The summed E-state index contributed by atoms with van der Waals surface area (Å²) in [7, 11) is 0. The van der Waals surface area contributed by atoms with E-state index in [4.69, 9.17) is 4.74 Å². The fourth-order valence-corrected chi connectivity index (χ4v) is 3.92. The van der Waals surface area contributed by atoms with E-state index in [9.17, 15) is 13.2 Å². The summed E-state index contributed by atoms with van der Waals surface area (Å²) in [6.07, 6.45) is 5.19. The van der Waals surface area contributed by atoms with Crippen molar-refractivity contribution in [3.63, 3.8) is 0 Å². The summed E-state index contributed by atoms with van der Waals surface area (Å²) in [4.78, 5) is 0. The summed E-state index contributed by atoms with van der Waals surface area (Å²) in [5.41, 5.74) is 2.07. The van der Waals surface area contributed by atoms with Gasteiger partial charge in [-0.2, -0.15) is 0 Å². The molecule has 31 heavy (non-hydrogen) atoms. The van der Waals surface area contributed by atoms with Crippen molar-refractivity contribution in [1.82, 2.24) is 0 Å². The number of rotatable bonds is 7. The van der Waals surface area contributed by atoms with Crippen LogP contribution in [0, 0.1) is 17.6 Å². The van der Waals surface area contributed by atoms with Crippen LogP contribution in [0.5, 0.6) is 5.75 Å². The number of allylic oxidation sites excluding steroid dienone is 2. The van der Waals surface area contributed by atoms with Crippen molar-refractivity contribution in [2.45, 2.75) is 45.4 Å². The molecule has 0 N–H and O–H groups in total. The second-order valence-electron chi connectivity index (χ2n) is 8.53. The van der Waals surface area contributed by atoms with Crippen LogP contribution in [0.3, 0.4) is 0 Å². The van der Waals surface area contributed by atoms with Crippen molar-refractivity contribution < 1.29 is 17.9 Å². The zero-order valence-corrected chi connectivity index (χ0v) is 18.2. The molecule has 0 spiro atoms. The predicted molar refractivity (Wildman–Crippen MR) is 121 cm³/mol. The normalized spacial score (nSPS) is 19.2. The Balaban J connectivity index is 1.69. The van der Waals surface area contributed by atoms with Gasteiger partial charge in [0.2, 0.25) is 0 Å². The smallest absolute Gasteiger partial charge is 0.166 e. The van der Waals surface area contributed by atoms with Crippen molar-refractivity contribution >= 4 is 0 Å². The minimum atomic E-state index is -0.807. The molecule has 0 heterocycles. The Morgan fingerprint density at radius 1 is 1.00 bits per heavy atom. The molecule has 1 saturated carbocycles. The molecule has 2 aromatic carbocycles. The second-order valence-corrected chi connectivity index (χ2v) is 8.53.